The van der Waals surface area contributed by atoms with E-state index in [1.54, 1.807) is 0 Å². The summed E-state index contributed by atoms with van der Waals surface area (Å²) >= 11 is 19.3. The van der Waals surface area contributed by atoms with Crippen molar-refractivity contribution < 1.29 is 55.7 Å². The molecule has 9 heteroatoms. The summed E-state index contributed by atoms with van der Waals surface area (Å²) in [4.78, 5) is 0. The van der Waals surface area contributed by atoms with Crippen molar-refractivity contribution in [2.45, 2.75) is 0 Å². The molecule has 0 aliphatic heterocycles. The first-order valence-corrected chi connectivity index (χ1v) is 5.40. The molecule has 0 rings (SSSR count). The number of hydrogen-bond donors (Lipinski definition) is 6. The van der Waals surface area contributed by atoms with E-state index in [2.05, 4.69) is 70.0 Å². The zero-order valence-corrected chi connectivity index (χ0v) is 13.6. The van der Waals surface area contributed by atoms with Gasteiger partial charge in [0.25, 0.3) is 0 Å². The Bertz CT molecular complexity index is 8.26. The van der Waals surface area contributed by atoms with E-state index < -0.39 is 0 Å². The minimum atomic E-state index is 0. The summed E-state index contributed by atoms with van der Waals surface area (Å²) < 4.78 is 0. The third kappa shape index (κ3) is 77.5. The smallest absolute Gasteiger partial charge is 0 e. The first-order chi connectivity index (χ1) is 3.00. The second kappa shape index (κ2) is 94.0. The summed E-state index contributed by atoms with van der Waals surface area (Å²) in [5.41, 5.74) is 0. The first-order valence-electron chi connectivity index (χ1n) is 0.600. The van der Waals surface area contributed by atoms with Crippen molar-refractivity contribution in [3.05, 3.63) is 0 Å². The molecule has 0 N–H and O–H groups in total. The summed E-state index contributed by atoms with van der Waals surface area (Å²) in [6, 6.07) is 0. The molecule has 0 aromatic heterocycles. The fraction of sp³-hybridized carbons (Fsp3) is 0. The number of rotatable bonds is 0. The second-order valence-corrected chi connectivity index (χ2v) is 0. The molecule has 0 nitrogen and oxygen atoms in total. The third-order valence-electron chi connectivity index (χ3n) is 0. The zero-order valence-electron chi connectivity index (χ0n) is 4.02. The summed E-state index contributed by atoms with van der Waals surface area (Å²) in [6.45, 7) is 0. The van der Waals surface area contributed by atoms with Crippen molar-refractivity contribution in [3.63, 3.8) is 0 Å². The number of hydrogen-bond acceptors (Lipinski definition) is 6. The van der Waals surface area contributed by atoms with E-state index in [0.717, 1.165) is 0 Å². The van der Waals surface area contributed by atoms with E-state index in [9.17, 15) is 0 Å². The molecule has 57 valence electrons. The van der Waals surface area contributed by atoms with Gasteiger partial charge in [-0.25, -0.2) is 0 Å². The Hall–Kier alpha value is 3.85. The van der Waals surface area contributed by atoms with Crippen LogP contribution in [0.3, 0.4) is 0 Å². The molecule has 0 aromatic rings. The molecule has 0 unspecified atom stereocenters. The van der Waals surface area contributed by atoms with Crippen LogP contribution in [0.5, 0.6) is 0 Å². The van der Waals surface area contributed by atoms with Gasteiger partial charge in [0.1, 0.15) is 0 Å². The van der Waals surface area contributed by atoms with E-state index in [4.69, 9.17) is 0 Å². The van der Waals surface area contributed by atoms with Gasteiger partial charge in [0.15, 0.2) is 0 Å². The maximum absolute atomic E-state index is 3.22. The van der Waals surface area contributed by atoms with Gasteiger partial charge < -0.3 is 0 Å². The van der Waals surface area contributed by atoms with Crippen LogP contribution in [0.15, 0.2) is 0 Å². The van der Waals surface area contributed by atoms with Gasteiger partial charge in [-0.1, -0.05) is 0 Å². The molecule has 0 aliphatic rings. The molecule has 0 aliphatic carbocycles. The molecule has 3 radical (unpaired) electrons. The Morgan fingerprint density at radius 2 is 0.333 bits per heavy atom. The molecule has 0 amide bonds. The topological polar surface area (TPSA) is 0 Å². The molecule has 0 fully saturated rings. The quantitative estimate of drug-likeness (QED) is 0.280. The van der Waals surface area contributed by atoms with Crippen LogP contribution in [0.1, 0.15) is 0 Å². The van der Waals surface area contributed by atoms with Crippen LogP contribution in [0.4, 0.5) is 0 Å². The van der Waals surface area contributed by atoms with Crippen LogP contribution in [-0.4, -0.2) is 0 Å². The molecule has 0 heterocycles. The van der Waals surface area contributed by atoms with Gasteiger partial charge in [-0.15, -0.1) is 70.0 Å². The van der Waals surface area contributed by atoms with Gasteiger partial charge in [-0.3, -0.25) is 0 Å². The summed E-state index contributed by atoms with van der Waals surface area (Å²) in [5.74, 6) is 0. The fourth-order valence-corrected chi connectivity index (χ4v) is 0. The van der Waals surface area contributed by atoms with Gasteiger partial charge in [0.2, 0.25) is 0 Å². The maximum atomic E-state index is 3.22. The Kier molecular flexibility index (Phi) is 402. The Balaban J connectivity index is -0.00000000321. The zero-order chi connectivity index (χ0) is 6.00. The van der Waals surface area contributed by atoms with Gasteiger partial charge in [-0.2, -0.15) is 0 Å². The van der Waals surface area contributed by atoms with E-state index >= 15 is 0 Å². The van der Waals surface area contributed by atoms with Gasteiger partial charge in [-0.05, 0) is 0 Å². The van der Waals surface area contributed by atoms with Crippen molar-refractivity contribution in [1.29, 1.82) is 0 Å². The van der Waals surface area contributed by atoms with Crippen molar-refractivity contribution in [1.82, 2.24) is 0 Å². The van der Waals surface area contributed by atoms with Crippen LogP contribution in [0, 0.1) is 0 Å². The van der Waals surface area contributed by atoms with Crippen molar-refractivity contribution >= 4 is 70.0 Å². The van der Waals surface area contributed by atoms with Crippen LogP contribution in [0.25, 0.3) is 0 Å². The monoisotopic (exact) mass is 351 g/mol. The van der Waals surface area contributed by atoms with E-state index in [1.807, 2.05) is 0 Å². The summed E-state index contributed by atoms with van der Waals surface area (Å²) in [5, 5.41) is 0. The molecule has 0 saturated carbocycles. The normalized spacial score (nSPS) is 2.00. The van der Waals surface area contributed by atoms with Gasteiger partial charge >= 0.3 is 0 Å². The molecule has 0 atom stereocenters. The minimum Gasteiger partial charge on any atom is -0.115 e. The largest absolute Gasteiger partial charge is 0.115 e. The van der Waals surface area contributed by atoms with E-state index in [0.29, 0.717) is 0 Å². The van der Waals surface area contributed by atoms with Crippen LogP contribution < -0.4 is 0 Å². The van der Waals surface area contributed by atoms with E-state index in [1.165, 1.54) is 0 Å². The van der Waals surface area contributed by atoms with Crippen molar-refractivity contribution in [2.24, 2.45) is 0 Å². The SMILES string of the molecule is SS.SS.SS.[V].[V].[V]. The van der Waals surface area contributed by atoms with Crippen LogP contribution >= 0.6 is 70.0 Å². The van der Waals surface area contributed by atoms with Gasteiger partial charge in [0, 0.05) is 55.7 Å². The molecule has 0 bridgehead atoms. The summed E-state index contributed by atoms with van der Waals surface area (Å²) in [6.07, 6.45) is 0. The fourth-order valence-electron chi connectivity index (χ4n) is 0. The van der Waals surface area contributed by atoms with E-state index in [-0.39, 0.29) is 55.7 Å². The Morgan fingerprint density at radius 1 is 0.333 bits per heavy atom. The molecular weight excluding hydrogens is 345 g/mol. The molecule has 0 aromatic carbocycles. The van der Waals surface area contributed by atoms with Crippen LogP contribution in [0.2, 0.25) is 0 Å². The average molecular weight is 351 g/mol. The van der Waals surface area contributed by atoms with Crippen molar-refractivity contribution in [3.8, 4) is 0 Å². The van der Waals surface area contributed by atoms with Gasteiger partial charge in [0.05, 0.1) is 0 Å². The minimum absolute atomic E-state index is 0. The summed E-state index contributed by atoms with van der Waals surface area (Å²) in [7, 11) is 0. The van der Waals surface area contributed by atoms with Crippen molar-refractivity contribution in [2.75, 3.05) is 0 Å². The standard InChI is InChI=1S/3H2S2.3V/c3*1-2;;;/h3*1-2H;;;. The second-order valence-electron chi connectivity index (χ2n) is 0. The number of thiol groups is 6. The molecule has 0 saturated heterocycles. The maximum Gasteiger partial charge on any atom is 0 e. The molecular formula is H6S6V3. The predicted molar refractivity (Wildman–Crippen MR) is 53.9 cm³/mol. The molecule has 0 spiro atoms. The molecule has 9 heavy (non-hydrogen) atoms. The Morgan fingerprint density at radius 3 is 0.333 bits per heavy atom. The van der Waals surface area contributed by atoms with Crippen LogP contribution in [-0.2, 0) is 55.7 Å². The first kappa shape index (κ1) is 38.4. The third-order valence-corrected chi connectivity index (χ3v) is 0. The Labute approximate surface area is 124 Å². The predicted octanol–water partition coefficient (Wildman–Crippen LogP) is 2.28. The average Bonchev–Trinajstić information content (AvgIpc) is 1.81.